The number of amides is 1. The maximum absolute atomic E-state index is 13.7. The predicted octanol–water partition coefficient (Wildman–Crippen LogP) is 3.75. The highest BCUT2D eigenvalue weighted by atomic mass is 32.2. The molecule has 3 aliphatic rings. The van der Waals surface area contributed by atoms with Gasteiger partial charge in [-0.2, -0.15) is 26.3 Å². The molecule has 0 aromatic heterocycles. The number of alkyl halides is 6. The van der Waals surface area contributed by atoms with Gasteiger partial charge in [-0.05, 0) is 55.7 Å². The van der Waals surface area contributed by atoms with Gasteiger partial charge in [0.1, 0.15) is 11.5 Å². The zero-order valence-electron chi connectivity index (χ0n) is 16.9. The van der Waals surface area contributed by atoms with Gasteiger partial charge in [0, 0.05) is 6.54 Å². The van der Waals surface area contributed by atoms with Gasteiger partial charge in [-0.3, -0.25) is 4.79 Å². The molecular weight excluding hydrogens is 480 g/mol. The first kappa shape index (κ1) is 23.8. The van der Waals surface area contributed by atoms with Crippen LogP contribution in [-0.4, -0.2) is 54.3 Å². The van der Waals surface area contributed by atoms with Crippen LogP contribution in [0.25, 0.3) is 0 Å². The Kier molecular flexibility index (Phi) is 5.30. The minimum atomic E-state index is -5.03. The summed E-state index contributed by atoms with van der Waals surface area (Å²) in [5.41, 5.74) is -3.85. The maximum Gasteiger partial charge on any atom is 0.417 e. The maximum atomic E-state index is 13.7. The van der Waals surface area contributed by atoms with Gasteiger partial charge in [-0.1, -0.05) is 6.07 Å². The first-order valence-corrected chi connectivity index (χ1v) is 11.7. The summed E-state index contributed by atoms with van der Waals surface area (Å²) < 4.78 is 107. The van der Waals surface area contributed by atoms with Gasteiger partial charge in [-0.25, -0.2) is 13.2 Å². The molecule has 182 valence electrons. The van der Waals surface area contributed by atoms with E-state index in [-0.39, 0.29) is 5.92 Å². The molecule has 1 saturated heterocycles. The summed E-state index contributed by atoms with van der Waals surface area (Å²) in [5, 5.41) is 7.62. The van der Waals surface area contributed by atoms with Gasteiger partial charge < -0.3 is 10.0 Å². The Morgan fingerprint density at radius 2 is 1.67 bits per heavy atom. The van der Waals surface area contributed by atoms with Gasteiger partial charge >= 0.3 is 18.3 Å². The van der Waals surface area contributed by atoms with Crippen molar-refractivity contribution in [2.24, 2.45) is 5.41 Å². The van der Waals surface area contributed by atoms with Crippen LogP contribution in [0.3, 0.4) is 0 Å². The number of benzene rings is 1. The number of carboxylic acid groups (broad SMARTS) is 1. The Labute approximate surface area is 184 Å². The third-order valence-corrected chi connectivity index (χ3v) is 8.80. The largest absolute Gasteiger partial charge is 0.480 e. The number of halogens is 6. The molecule has 1 N–H and O–H groups in total. The van der Waals surface area contributed by atoms with Gasteiger partial charge in [-0.15, -0.1) is 0 Å². The van der Waals surface area contributed by atoms with Crippen molar-refractivity contribution in [3.8, 4) is 0 Å². The second-order valence-electron chi connectivity index (χ2n) is 8.82. The lowest BCUT2D eigenvalue weighted by Crippen LogP contribution is -2.48. The average Bonchev–Trinajstić information content (AvgIpc) is 3.61. The lowest BCUT2D eigenvalue weighted by atomic mass is 10.0. The molecule has 2 aliphatic carbocycles. The molecule has 2 saturated carbocycles. The van der Waals surface area contributed by atoms with Crippen molar-refractivity contribution >= 4 is 21.7 Å². The number of hydrogen-bond acceptors (Lipinski definition) is 4. The Morgan fingerprint density at radius 1 is 1.06 bits per heavy atom. The molecule has 4 rings (SSSR count). The number of rotatable bonds is 5. The second-order valence-corrected chi connectivity index (χ2v) is 11.0. The van der Waals surface area contributed by atoms with Crippen molar-refractivity contribution in [2.45, 2.75) is 66.6 Å². The van der Waals surface area contributed by atoms with E-state index in [9.17, 15) is 49.5 Å². The molecule has 1 aliphatic heterocycles. The number of carbonyl (C=O) groups excluding carboxylic acids is 1. The number of aliphatic carboxylic acids is 1. The quantitative estimate of drug-likeness (QED) is 0.624. The van der Waals surface area contributed by atoms with Crippen LogP contribution in [0.1, 0.15) is 49.1 Å². The normalized spacial score (nSPS) is 25.2. The summed E-state index contributed by atoms with van der Waals surface area (Å²) in [6.07, 6.45) is -10.6. The number of likely N-dealkylation sites (tertiary alicyclic amines) is 1. The summed E-state index contributed by atoms with van der Waals surface area (Å²) in [7, 11) is -4.83. The molecule has 13 heteroatoms. The van der Waals surface area contributed by atoms with Crippen LogP contribution >= 0.6 is 0 Å². The Bertz CT molecular complexity index is 1100. The summed E-state index contributed by atoms with van der Waals surface area (Å²) in [4.78, 5) is 23.5. The van der Waals surface area contributed by atoms with E-state index in [0.717, 1.165) is 12.1 Å². The fourth-order valence-electron chi connectivity index (χ4n) is 4.37. The zero-order chi connectivity index (χ0) is 24.6. The van der Waals surface area contributed by atoms with E-state index in [1.165, 1.54) is 6.07 Å². The Balaban J connectivity index is 1.69. The monoisotopic (exact) mass is 499 g/mol. The third-order valence-electron chi connectivity index (χ3n) is 6.61. The van der Waals surface area contributed by atoms with Crippen LogP contribution in [0.4, 0.5) is 26.3 Å². The second kappa shape index (κ2) is 7.34. The van der Waals surface area contributed by atoms with Crippen molar-refractivity contribution in [3.05, 3.63) is 29.3 Å². The van der Waals surface area contributed by atoms with Gasteiger partial charge in [0.2, 0.25) is 5.91 Å². The molecule has 0 radical (unpaired) electrons. The zero-order valence-corrected chi connectivity index (χ0v) is 17.7. The van der Waals surface area contributed by atoms with E-state index in [4.69, 9.17) is 0 Å². The molecule has 33 heavy (non-hydrogen) atoms. The standard InChI is InChI=1S/C20H19F6NO5S/c21-19(22,23)13-7-11(10-1-2-10)3-4-15(13)33(31,32)12-8-14(16(28)29)27(9-12)17(30)18(5-6-18)20(24,25)26/h3-4,7,10,12,14H,1-2,5-6,8-9H2,(H,28,29). The summed E-state index contributed by atoms with van der Waals surface area (Å²) >= 11 is 0. The number of sulfone groups is 1. The third kappa shape index (κ3) is 3.97. The van der Waals surface area contributed by atoms with E-state index in [2.05, 4.69) is 0 Å². The van der Waals surface area contributed by atoms with Crippen LogP contribution in [0.5, 0.6) is 0 Å². The van der Waals surface area contributed by atoms with Crippen molar-refractivity contribution in [1.29, 1.82) is 0 Å². The van der Waals surface area contributed by atoms with E-state index in [1.54, 1.807) is 0 Å². The molecule has 1 amide bonds. The Hall–Kier alpha value is -2.31. The van der Waals surface area contributed by atoms with E-state index < -0.39 is 87.0 Å². The molecule has 3 fully saturated rings. The minimum Gasteiger partial charge on any atom is -0.480 e. The highest BCUT2D eigenvalue weighted by Crippen LogP contribution is 2.59. The van der Waals surface area contributed by atoms with Crippen LogP contribution in [0.15, 0.2) is 23.1 Å². The average molecular weight is 499 g/mol. The van der Waals surface area contributed by atoms with Crippen LogP contribution in [0.2, 0.25) is 0 Å². The molecule has 1 heterocycles. The predicted molar refractivity (Wildman–Crippen MR) is 99.9 cm³/mol. The fourth-order valence-corrected chi connectivity index (χ4v) is 6.26. The number of nitrogens with zero attached hydrogens (tertiary/aromatic N) is 1. The SMILES string of the molecule is O=C(O)C1CC(S(=O)(=O)c2ccc(C3CC3)cc2C(F)(F)F)CN1C(=O)C1(C(F)(F)F)CC1. The molecule has 1 aromatic rings. The van der Waals surface area contributed by atoms with E-state index in [0.29, 0.717) is 23.3 Å². The minimum absolute atomic E-state index is 0.101. The first-order chi connectivity index (χ1) is 15.1. The summed E-state index contributed by atoms with van der Waals surface area (Å²) in [6.45, 7) is -0.933. The molecule has 1 aromatic carbocycles. The molecule has 0 spiro atoms. The van der Waals surface area contributed by atoms with Crippen LogP contribution in [0, 0.1) is 5.41 Å². The topological polar surface area (TPSA) is 91.8 Å². The molecule has 2 atom stereocenters. The summed E-state index contributed by atoms with van der Waals surface area (Å²) in [5.74, 6) is -3.38. The highest BCUT2D eigenvalue weighted by Gasteiger charge is 2.70. The van der Waals surface area contributed by atoms with Crippen molar-refractivity contribution < 1.29 is 49.5 Å². The molecule has 0 bridgehead atoms. The summed E-state index contributed by atoms with van der Waals surface area (Å²) in [6, 6.07) is 0.927. The Morgan fingerprint density at radius 3 is 2.12 bits per heavy atom. The van der Waals surface area contributed by atoms with E-state index in [1.807, 2.05) is 0 Å². The molecule has 2 unspecified atom stereocenters. The first-order valence-electron chi connectivity index (χ1n) is 10.2. The van der Waals surface area contributed by atoms with Crippen molar-refractivity contribution in [2.75, 3.05) is 6.54 Å². The van der Waals surface area contributed by atoms with Gasteiger partial charge in [0.15, 0.2) is 9.84 Å². The molecular formula is C20H19F6NO5S. The fraction of sp³-hybridized carbons (Fsp3) is 0.600. The van der Waals surface area contributed by atoms with Gasteiger partial charge in [0.05, 0.1) is 15.7 Å². The van der Waals surface area contributed by atoms with Crippen molar-refractivity contribution in [1.82, 2.24) is 4.90 Å². The van der Waals surface area contributed by atoms with Crippen molar-refractivity contribution in [3.63, 3.8) is 0 Å². The number of carboxylic acids is 1. The molecule has 6 nitrogen and oxygen atoms in total. The van der Waals surface area contributed by atoms with Crippen LogP contribution < -0.4 is 0 Å². The number of carbonyl (C=O) groups is 2. The lowest BCUT2D eigenvalue weighted by Gasteiger charge is -2.28. The smallest absolute Gasteiger partial charge is 0.417 e. The lowest BCUT2D eigenvalue weighted by molar-refractivity contribution is -0.199. The highest BCUT2D eigenvalue weighted by molar-refractivity contribution is 7.92. The number of hydrogen-bond donors (Lipinski definition) is 1. The van der Waals surface area contributed by atoms with E-state index >= 15 is 0 Å². The van der Waals surface area contributed by atoms with Gasteiger partial charge in [0.25, 0.3) is 0 Å². The van der Waals surface area contributed by atoms with Crippen LogP contribution in [-0.2, 0) is 25.6 Å².